The smallest absolute Gasteiger partial charge is 0.144 e. The molecule has 0 aliphatic heterocycles. The first-order valence-corrected chi connectivity index (χ1v) is 11.6. The van der Waals surface area contributed by atoms with Crippen molar-refractivity contribution in [2.75, 3.05) is 0 Å². The van der Waals surface area contributed by atoms with Crippen LogP contribution in [0.2, 0.25) is 0 Å². The predicted octanol–water partition coefficient (Wildman–Crippen LogP) is 6.08. The van der Waals surface area contributed by atoms with Gasteiger partial charge in [-0.2, -0.15) is 0 Å². The summed E-state index contributed by atoms with van der Waals surface area (Å²) < 4.78 is 0. The summed E-state index contributed by atoms with van der Waals surface area (Å²) in [5, 5.41) is 14.8. The van der Waals surface area contributed by atoms with E-state index in [2.05, 4.69) is 74.8 Å². The molecule has 0 amide bonds. The van der Waals surface area contributed by atoms with E-state index in [1.807, 2.05) is 66.7 Å². The van der Waals surface area contributed by atoms with Gasteiger partial charge in [0.05, 0.1) is 0 Å². The summed E-state index contributed by atoms with van der Waals surface area (Å²) in [5.41, 5.74) is 4.54. The molecule has 4 aromatic carbocycles. The number of nitrogens with zero attached hydrogens (tertiary/aromatic N) is 4. The third kappa shape index (κ3) is 3.55. The molecule has 156 valence electrons. The Bertz CT molecular complexity index is 1200. The van der Waals surface area contributed by atoms with Gasteiger partial charge >= 0.3 is 0 Å². The molecule has 0 bridgehead atoms. The molecule has 5 rings (SSSR count). The first kappa shape index (κ1) is 20.3. The van der Waals surface area contributed by atoms with Crippen LogP contribution < -0.4 is 0 Å². The summed E-state index contributed by atoms with van der Waals surface area (Å²) >= 11 is 3.53. The van der Waals surface area contributed by atoms with E-state index in [-0.39, 0.29) is 0 Å². The summed E-state index contributed by atoms with van der Waals surface area (Å²) in [5.74, 6) is 0.597. The van der Waals surface area contributed by atoms with Crippen LogP contribution in [0.25, 0.3) is 11.4 Å². The molecule has 0 aliphatic carbocycles. The Labute approximate surface area is 195 Å². The Morgan fingerprint density at radius 2 is 1.19 bits per heavy atom. The zero-order valence-corrected chi connectivity index (χ0v) is 18.9. The highest BCUT2D eigenvalue weighted by Crippen LogP contribution is 2.39. The molecule has 0 radical (unpaired) electrons. The number of aromatic nitrogens is 4. The van der Waals surface area contributed by atoms with Gasteiger partial charge in [-0.05, 0) is 33.5 Å². The van der Waals surface area contributed by atoms with Crippen LogP contribution in [0.5, 0.6) is 0 Å². The fraction of sp³-hybridized carbons (Fsp3) is 0.0741. The molecule has 0 N–H and O–H groups in total. The number of hydrogen-bond donors (Lipinski definition) is 0. The third-order valence-electron chi connectivity index (χ3n) is 5.63. The summed E-state index contributed by atoms with van der Waals surface area (Å²) in [6.45, 7) is 0. The van der Waals surface area contributed by atoms with Gasteiger partial charge in [-0.25, -0.2) is 0 Å². The average Bonchev–Trinajstić information content (AvgIpc) is 3.37. The van der Waals surface area contributed by atoms with Crippen LogP contribution >= 0.6 is 15.9 Å². The highest BCUT2D eigenvalue weighted by Gasteiger charge is 2.41. The van der Waals surface area contributed by atoms with Crippen molar-refractivity contribution >= 4 is 15.9 Å². The van der Waals surface area contributed by atoms with E-state index >= 15 is 0 Å². The van der Waals surface area contributed by atoms with Gasteiger partial charge in [0.2, 0.25) is 5.82 Å². The summed E-state index contributed by atoms with van der Waals surface area (Å²) in [6.07, 6.45) is 0. The van der Waals surface area contributed by atoms with Crippen LogP contribution in [0.3, 0.4) is 0 Å². The second kappa shape index (κ2) is 8.89. The molecule has 5 heteroatoms. The standard InChI is InChI=1S/C27H21BrN4/c28-20-21-11-10-12-22(19-21)26-29-31-32(30-26)27(23-13-4-1-5-14-23,24-15-6-2-7-16-24)25-17-8-3-9-18-25/h1-19H,20H2. The number of alkyl halides is 1. The van der Waals surface area contributed by atoms with Crippen molar-refractivity contribution < 1.29 is 0 Å². The SMILES string of the molecule is BrCc1cccc(-c2nnn(C(c3ccccc3)(c3ccccc3)c3ccccc3)n2)c1. The molecule has 1 aromatic heterocycles. The van der Waals surface area contributed by atoms with E-state index in [9.17, 15) is 0 Å². The Hall–Kier alpha value is -3.57. The number of benzene rings is 4. The fourth-order valence-corrected chi connectivity index (χ4v) is 4.50. The van der Waals surface area contributed by atoms with Gasteiger partial charge in [0.25, 0.3) is 0 Å². The van der Waals surface area contributed by atoms with Gasteiger partial charge in [-0.1, -0.05) is 125 Å². The van der Waals surface area contributed by atoms with Gasteiger partial charge in [-0.3, -0.25) is 0 Å². The lowest BCUT2D eigenvalue weighted by atomic mass is 9.77. The van der Waals surface area contributed by atoms with Crippen molar-refractivity contribution in [3.05, 3.63) is 138 Å². The van der Waals surface area contributed by atoms with Gasteiger partial charge in [0.15, 0.2) is 5.54 Å². The number of rotatable bonds is 6. The van der Waals surface area contributed by atoms with E-state index in [0.717, 1.165) is 27.6 Å². The lowest BCUT2D eigenvalue weighted by Crippen LogP contribution is -2.39. The first-order chi connectivity index (χ1) is 15.8. The minimum Gasteiger partial charge on any atom is -0.144 e. The molecular weight excluding hydrogens is 460 g/mol. The van der Waals surface area contributed by atoms with Crippen LogP contribution in [0.15, 0.2) is 115 Å². The van der Waals surface area contributed by atoms with E-state index in [0.29, 0.717) is 5.82 Å². The van der Waals surface area contributed by atoms with Crippen LogP contribution in [0, 0.1) is 0 Å². The van der Waals surface area contributed by atoms with Gasteiger partial charge in [0, 0.05) is 10.9 Å². The molecule has 32 heavy (non-hydrogen) atoms. The molecule has 0 saturated carbocycles. The Morgan fingerprint density at radius 3 is 1.69 bits per heavy atom. The number of halogens is 1. The van der Waals surface area contributed by atoms with Gasteiger partial charge in [-0.15, -0.1) is 15.0 Å². The molecule has 4 nitrogen and oxygen atoms in total. The number of tetrazole rings is 1. The Morgan fingerprint density at radius 1 is 0.656 bits per heavy atom. The van der Waals surface area contributed by atoms with Crippen molar-refractivity contribution in [3.63, 3.8) is 0 Å². The predicted molar refractivity (Wildman–Crippen MR) is 130 cm³/mol. The molecule has 0 atom stereocenters. The van der Waals surface area contributed by atoms with E-state index in [1.165, 1.54) is 5.56 Å². The first-order valence-electron chi connectivity index (χ1n) is 10.4. The minimum absolute atomic E-state index is 0.597. The molecule has 0 aliphatic rings. The highest BCUT2D eigenvalue weighted by atomic mass is 79.9. The minimum atomic E-state index is -0.762. The monoisotopic (exact) mass is 480 g/mol. The summed E-state index contributed by atoms with van der Waals surface area (Å²) in [6, 6.07) is 39.3. The summed E-state index contributed by atoms with van der Waals surface area (Å²) in [4.78, 5) is 1.75. The molecule has 0 unspecified atom stereocenters. The van der Waals surface area contributed by atoms with Gasteiger partial charge < -0.3 is 0 Å². The maximum atomic E-state index is 4.94. The van der Waals surface area contributed by atoms with Crippen molar-refractivity contribution in [1.82, 2.24) is 20.2 Å². The second-order valence-corrected chi connectivity index (χ2v) is 8.11. The maximum Gasteiger partial charge on any atom is 0.204 e. The zero-order valence-electron chi connectivity index (χ0n) is 17.3. The van der Waals surface area contributed by atoms with Gasteiger partial charge in [0.1, 0.15) is 0 Å². The zero-order chi connectivity index (χ0) is 21.8. The largest absolute Gasteiger partial charge is 0.204 e. The van der Waals surface area contributed by atoms with Crippen LogP contribution in [-0.2, 0) is 10.9 Å². The van der Waals surface area contributed by atoms with Crippen LogP contribution in [0.4, 0.5) is 0 Å². The van der Waals surface area contributed by atoms with E-state index < -0.39 is 5.54 Å². The number of hydrogen-bond acceptors (Lipinski definition) is 3. The molecule has 0 fully saturated rings. The molecule has 5 aromatic rings. The van der Waals surface area contributed by atoms with Crippen molar-refractivity contribution in [1.29, 1.82) is 0 Å². The van der Waals surface area contributed by atoms with Crippen LogP contribution in [-0.4, -0.2) is 20.2 Å². The molecular formula is C27H21BrN4. The van der Waals surface area contributed by atoms with E-state index in [4.69, 9.17) is 5.10 Å². The molecule has 0 spiro atoms. The quantitative estimate of drug-likeness (QED) is 0.218. The third-order valence-corrected chi connectivity index (χ3v) is 6.28. The van der Waals surface area contributed by atoms with E-state index in [1.54, 1.807) is 4.80 Å². The van der Waals surface area contributed by atoms with Crippen molar-refractivity contribution in [2.45, 2.75) is 10.9 Å². The Kier molecular flexibility index (Phi) is 5.65. The normalized spacial score (nSPS) is 11.4. The van der Waals surface area contributed by atoms with Crippen molar-refractivity contribution in [2.24, 2.45) is 0 Å². The fourth-order valence-electron chi connectivity index (χ4n) is 4.15. The lowest BCUT2D eigenvalue weighted by molar-refractivity contribution is 0.396. The lowest BCUT2D eigenvalue weighted by Gasteiger charge is -2.34. The maximum absolute atomic E-state index is 4.94. The topological polar surface area (TPSA) is 43.6 Å². The van der Waals surface area contributed by atoms with Crippen molar-refractivity contribution in [3.8, 4) is 11.4 Å². The molecule has 0 saturated heterocycles. The summed E-state index contributed by atoms with van der Waals surface area (Å²) in [7, 11) is 0. The van der Waals surface area contributed by atoms with Crippen LogP contribution in [0.1, 0.15) is 22.3 Å². The average molecular weight is 481 g/mol. The second-order valence-electron chi connectivity index (χ2n) is 7.54. The molecule has 1 heterocycles. The Balaban J connectivity index is 1.79. The highest BCUT2D eigenvalue weighted by molar-refractivity contribution is 9.08.